The Hall–Kier alpha value is -0.866. The van der Waals surface area contributed by atoms with Gasteiger partial charge in [-0.2, -0.15) is 0 Å². The van der Waals surface area contributed by atoms with E-state index in [1.54, 1.807) is 10.8 Å². The lowest BCUT2D eigenvalue weighted by molar-refractivity contribution is 0.702. The molecule has 1 heterocycles. The van der Waals surface area contributed by atoms with Crippen LogP contribution in [-0.4, -0.2) is 16.1 Å². The lowest BCUT2D eigenvalue weighted by Crippen LogP contribution is -2.54. The molecule has 0 spiro atoms. The molecule has 2 aliphatic rings. The Morgan fingerprint density at radius 3 is 2.25 bits per heavy atom. The first-order valence-corrected chi connectivity index (χ1v) is 13.9. The van der Waals surface area contributed by atoms with Gasteiger partial charge < -0.3 is 0 Å². The molecule has 2 heteroatoms. The molecule has 0 saturated carbocycles. The molecule has 0 aromatic heterocycles. The van der Waals surface area contributed by atoms with Gasteiger partial charge in [0.2, 0.25) is 0 Å². The summed E-state index contributed by atoms with van der Waals surface area (Å²) in [6.07, 6.45) is 8.14. The van der Waals surface area contributed by atoms with Crippen LogP contribution in [0.15, 0.2) is 52.0 Å². The van der Waals surface area contributed by atoms with Crippen LogP contribution in [0.5, 0.6) is 0 Å². The molecule has 0 N–H and O–H groups in total. The lowest BCUT2D eigenvalue weighted by atomic mass is 10.00. The molecule has 0 bridgehead atoms. The maximum absolute atomic E-state index is 2.65. The van der Waals surface area contributed by atoms with Crippen LogP contribution in [0.25, 0.3) is 0 Å². The van der Waals surface area contributed by atoms with Crippen LogP contribution in [0.1, 0.15) is 25.7 Å². The maximum atomic E-state index is 2.65. The lowest BCUT2D eigenvalue weighted by Gasteiger charge is -2.37. The summed E-state index contributed by atoms with van der Waals surface area (Å²) in [5.74, 6) is 0. The van der Waals surface area contributed by atoms with Crippen molar-refractivity contribution in [1.29, 1.82) is 0 Å². The van der Waals surface area contributed by atoms with Crippen molar-refractivity contribution < 1.29 is 0 Å². The van der Waals surface area contributed by atoms with E-state index >= 15 is 0 Å². The average Bonchev–Trinajstić information content (AvgIpc) is 2.75. The number of hydrogen-bond acceptors (Lipinski definition) is 0. The Kier molecular flexibility index (Phi) is 3.42. The van der Waals surface area contributed by atoms with Crippen LogP contribution < -0.4 is 5.19 Å². The van der Waals surface area contributed by atoms with Gasteiger partial charge in [-0.1, -0.05) is 83.4 Å². The van der Waals surface area contributed by atoms with E-state index in [1.165, 1.54) is 25.7 Å². The Morgan fingerprint density at radius 2 is 1.60 bits per heavy atom. The van der Waals surface area contributed by atoms with Crippen molar-refractivity contribution in [3.63, 3.8) is 0 Å². The molecule has 1 atom stereocenters. The molecule has 1 unspecified atom stereocenters. The zero-order valence-electron chi connectivity index (χ0n) is 13.3. The third kappa shape index (κ3) is 2.10. The van der Waals surface area contributed by atoms with Gasteiger partial charge in [-0.05, 0) is 25.7 Å². The minimum absolute atomic E-state index is 1.25. The van der Waals surface area contributed by atoms with Crippen molar-refractivity contribution in [2.24, 2.45) is 0 Å². The fourth-order valence-corrected chi connectivity index (χ4v) is 15.5. The normalized spacial score (nSPS) is 26.5. The zero-order valence-corrected chi connectivity index (χ0v) is 15.3. The highest BCUT2D eigenvalue weighted by Gasteiger charge is 2.47. The first-order chi connectivity index (χ1) is 9.44. The van der Waals surface area contributed by atoms with E-state index < -0.39 is 16.1 Å². The predicted molar refractivity (Wildman–Crippen MR) is 94.6 cm³/mol. The molecule has 0 fully saturated rings. The summed E-state index contributed by atoms with van der Waals surface area (Å²) in [5.41, 5.74) is 1.73. The second-order valence-corrected chi connectivity index (χ2v) is 17.0. The summed E-state index contributed by atoms with van der Waals surface area (Å²) in [4.78, 5) is 1.88. The van der Waals surface area contributed by atoms with Gasteiger partial charge in [-0.15, -0.1) is 0 Å². The monoisotopic (exact) mass is 298 g/mol. The van der Waals surface area contributed by atoms with Gasteiger partial charge in [-0.25, -0.2) is 0 Å². The summed E-state index contributed by atoms with van der Waals surface area (Å²) >= 11 is 0. The predicted octanol–water partition coefficient (Wildman–Crippen LogP) is 4.74. The standard InChI is InChI=1S/C18H26Si2/c1-19(2,3)18-14-15-10-8-9-13-17(15)20(18,4)16-11-6-5-7-12-16/h5-7,11-12,14H,8-10,13H2,1-4H3. The molecule has 1 aromatic carbocycles. The topological polar surface area (TPSA) is 0 Å². The van der Waals surface area contributed by atoms with E-state index in [-0.39, 0.29) is 0 Å². The molecule has 20 heavy (non-hydrogen) atoms. The van der Waals surface area contributed by atoms with Gasteiger partial charge in [0.15, 0.2) is 0 Å². The number of hydrogen-bond donors (Lipinski definition) is 0. The van der Waals surface area contributed by atoms with Gasteiger partial charge in [-0.3, -0.25) is 0 Å². The summed E-state index contributed by atoms with van der Waals surface area (Å²) in [7, 11) is -2.84. The highest BCUT2D eigenvalue weighted by molar-refractivity contribution is 7.15. The molecule has 1 aliphatic carbocycles. The molecule has 3 rings (SSSR count). The van der Waals surface area contributed by atoms with Crippen LogP contribution >= 0.6 is 0 Å². The van der Waals surface area contributed by atoms with E-state index in [1.807, 2.05) is 10.0 Å². The Bertz CT molecular complexity index is 575. The highest BCUT2D eigenvalue weighted by Crippen LogP contribution is 2.44. The minimum Gasteiger partial charge on any atom is -0.0823 e. The Balaban J connectivity index is 2.18. The van der Waals surface area contributed by atoms with Gasteiger partial charge in [0.1, 0.15) is 8.07 Å². The molecule has 1 aliphatic heterocycles. The third-order valence-electron chi connectivity index (χ3n) is 5.13. The molecule has 106 valence electrons. The van der Waals surface area contributed by atoms with Crippen LogP contribution in [0, 0.1) is 0 Å². The summed E-state index contributed by atoms with van der Waals surface area (Å²) in [6.45, 7) is 10.2. The molecular weight excluding hydrogens is 272 g/mol. The quantitative estimate of drug-likeness (QED) is 0.692. The molecule has 0 amide bonds. The number of rotatable bonds is 2. The first-order valence-electron chi connectivity index (χ1n) is 7.95. The summed E-state index contributed by atoms with van der Waals surface area (Å²) < 4.78 is 0. The minimum atomic E-state index is -1.59. The molecule has 0 radical (unpaired) electrons. The fraction of sp³-hybridized carbons (Fsp3) is 0.444. The molecule has 0 nitrogen and oxygen atoms in total. The Labute approximate surface area is 125 Å². The molecule has 0 saturated heterocycles. The van der Waals surface area contributed by atoms with Gasteiger partial charge in [0.05, 0.1) is 8.07 Å². The molecule has 1 aromatic rings. The second kappa shape index (κ2) is 4.85. The third-order valence-corrected chi connectivity index (χ3v) is 15.1. The number of benzene rings is 1. The summed E-state index contributed by atoms with van der Waals surface area (Å²) in [5, 5.41) is 3.51. The van der Waals surface area contributed by atoms with E-state index in [0.29, 0.717) is 0 Å². The van der Waals surface area contributed by atoms with Crippen LogP contribution in [0.2, 0.25) is 26.2 Å². The van der Waals surface area contributed by atoms with Crippen LogP contribution in [0.3, 0.4) is 0 Å². The largest absolute Gasteiger partial charge is 0.133 e. The van der Waals surface area contributed by atoms with Crippen molar-refractivity contribution in [2.75, 3.05) is 0 Å². The van der Waals surface area contributed by atoms with E-state index in [2.05, 4.69) is 62.6 Å². The highest BCUT2D eigenvalue weighted by atomic mass is 28.4. The van der Waals surface area contributed by atoms with Crippen molar-refractivity contribution in [3.05, 3.63) is 52.0 Å². The Morgan fingerprint density at radius 1 is 0.950 bits per heavy atom. The zero-order chi connectivity index (χ0) is 14.4. The van der Waals surface area contributed by atoms with E-state index in [0.717, 1.165) is 0 Å². The van der Waals surface area contributed by atoms with Crippen molar-refractivity contribution in [3.8, 4) is 0 Å². The first kappa shape index (κ1) is 14.1. The van der Waals surface area contributed by atoms with E-state index in [4.69, 9.17) is 0 Å². The average molecular weight is 299 g/mol. The molecular formula is C18H26Si2. The van der Waals surface area contributed by atoms with Gasteiger partial charge in [0.25, 0.3) is 0 Å². The summed E-state index contributed by atoms with van der Waals surface area (Å²) in [6, 6.07) is 11.4. The maximum Gasteiger partial charge on any atom is 0.133 e. The van der Waals surface area contributed by atoms with E-state index in [9.17, 15) is 0 Å². The van der Waals surface area contributed by atoms with Crippen molar-refractivity contribution in [2.45, 2.75) is 51.9 Å². The SMILES string of the molecule is C[Si](C)(C)C1=CC2=C(CCCC2)[Si]1(C)c1ccccc1. The van der Waals surface area contributed by atoms with Crippen molar-refractivity contribution in [1.82, 2.24) is 0 Å². The second-order valence-electron chi connectivity index (χ2n) is 7.51. The fourth-order valence-electron chi connectivity index (χ4n) is 4.21. The number of allylic oxidation sites excluding steroid dienone is 3. The smallest absolute Gasteiger partial charge is 0.0823 e. The van der Waals surface area contributed by atoms with Gasteiger partial charge in [0, 0.05) is 0 Å². The van der Waals surface area contributed by atoms with Crippen LogP contribution in [-0.2, 0) is 0 Å². The van der Waals surface area contributed by atoms with Gasteiger partial charge >= 0.3 is 0 Å². The van der Waals surface area contributed by atoms with Crippen LogP contribution in [0.4, 0.5) is 0 Å². The van der Waals surface area contributed by atoms with Crippen molar-refractivity contribution >= 4 is 21.3 Å².